The van der Waals surface area contributed by atoms with Gasteiger partial charge in [-0.2, -0.15) is 0 Å². The second-order valence-electron chi connectivity index (χ2n) is 17.2. The molecular weight excluding hydrogens is 801 g/mol. The lowest BCUT2D eigenvalue weighted by Gasteiger charge is -2.35. The van der Waals surface area contributed by atoms with Gasteiger partial charge in [-0.05, 0) is 91.2 Å². The number of para-hydroxylation sites is 2. The molecule has 0 radical (unpaired) electrons. The van der Waals surface area contributed by atoms with Crippen LogP contribution in [0.5, 0.6) is 0 Å². The second-order valence-corrected chi connectivity index (χ2v) is 17.2. The first kappa shape index (κ1) is 37.9. The van der Waals surface area contributed by atoms with Gasteiger partial charge in [0, 0.05) is 33.0 Å². The van der Waals surface area contributed by atoms with Crippen LogP contribution in [0.1, 0.15) is 22.3 Å². The highest BCUT2D eigenvalue weighted by Crippen LogP contribution is 2.58. The lowest BCUT2D eigenvalue weighted by molar-refractivity contribution is 0.670. The average Bonchev–Trinajstić information content (AvgIpc) is 3.93. The summed E-state index contributed by atoms with van der Waals surface area (Å²) in [5.74, 6) is 0.665. The first-order valence-corrected chi connectivity index (χ1v) is 22.6. The predicted octanol–water partition coefficient (Wildman–Crippen LogP) is 16.2. The standard InChI is InChI=1S/C63H40N2O/c1-4-20-42(21-5-1)62-64-57(40-58(65-62)55-34-18-32-53-51-28-12-14-35-56(51)63(60(53)55,46-23-6-2-7-24-46)47-25-8-3-9-26-47)45-38-43(49-30-16-22-41-19-10-11-27-48(41)49)37-44(39-45)50-31-17-33-54-52-29-13-15-36-59(52)66-61(50)54/h1-40H. The van der Waals surface area contributed by atoms with Crippen molar-refractivity contribution >= 4 is 32.7 Å². The van der Waals surface area contributed by atoms with Gasteiger partial charge in [0.2, 0.25) is 0 Å². The summed E-state index contributed by atoms with van der Waals surface area (Å²) in [5, 5.41) is 4.58. The zero-order valence-corrected chi connectivity index (χ0v) is 35.9. The van der Waals surface area contributed by atoms with Gasteiger partial charge in [0.05, 0.1) is 16.8 Å². The summed E-state index contributed by atoms with van der Waals surface area (Å²) in [6, 6.07) is 87.0. The SMILES string of the molecule is c1ccc(-c2nc(-c3cc(-c4cccc5ccccc45)cc(-c4cccc5c4oc4ccccc45)c3)cc(-c3cccc4c3C(c3ccccc3)(c3ccccc3)c3ccccc3-4)n2)cc1. The summed E-state index contributed by atoms with van der Waals surface area (Å²) in [5.41, 5.74) is 17.5. The van der Waals surface area contributed by atoms with Gasteiger partial charge in [-0.15, -0.1) is 0 Å². The Labute approximate surface area is 383 Å². The van der Waals surface area contributed by atoms with E-state index in [1.807, 2.05) is 18.2 Å². The summed E-state index contributed by atoms with van der Waals surface area (Å²) in [6.07, 6.45) is 0. The Kier molecular flexibility index (Phi) is 8.75. The van der Waals surface area contributed by atoms with Gasteiger partial charge in [0.25, 0.3) is 0 Å². The van der Waals surface area contributed by atoms with Gasteiger partial charge in [-0.1, -0.05) is 212 Å². The molecule has 1 aliphatic carbocycles. The van der Waals surface area contributed by atoms with E-state index in [0.29, 0.717) is 5.82 Å². The summed E-state index contributed by atoms with van der Waals surface area (Å²) >= 11 is 0. The van der Waals surface area contributed by atoms with Crippen LogP contribution in [0.2, 0.25) is 0 Å². The molecule has 1 aliphatic rings. The molecular formula is C63H40N2O. The number of hydrogen-bond acceptors (Lipinski definition) is 3. The van der Waals surface area contributed by atoms with Gasteiger partial charge in [-0.25, -0.2) is 9.97 Å². The fourth-order valence-electron chi connectivity index (χ4n) is 10.7. The first-order valence-electron chi connectivity index (χ1n) is 22.6. The third-order valence-electron chi connectivity index (χ3n) is 13.6. The van der Waals surface area contributed by atoms with Crippen molar-refractivity contribution in [1.29, 1.82) is 0 Å². The molecule has 0 amide bonds. The largest absolute Gasteiger partial charge is 0.455 e. The van der Waals surface area contributed by atoms with Crippen molar-refractivity contribution < 1.29 is 4.42 Å². The predicted molar refractivity (Wildman–Crippen MR) is 271 cm³/mol. The van der Waals surface area contributed by atoms with E-state index in [0.717, 1.165) is 72.3 Å². The van der Waals surface area contributed by atoms with Crippen molar-refractivity contribution in [3.8, 4) is 67.3 Å². The first-order chi connectivity index (χ1) is 32.7. The Morgan fingerprint density at radius 1 is 0.333 bits per heavy atom. The minimum Gasteiger partial charge on any atom is -0.455 e. The molecule has 0 N–H and O–H groups in total. The number of fused-ring (bicyclic) bond motifs is 7. The highest BCUT2D eigenvalue weighted by atomic mass is 16.3. The average molecular weight is 841 g/mol. The zero-order chi connectivity index (χ0) is 43.6. The van der Waals surface area contributed by atoms with Crippen LogP contribution in [-0.2, 0) is 5.41 Å². The van der Waals surface area contributed by atoms with Crippen molar-refractivity contribution in [2.75, 3.05) is 0 Å². The molecule has 0 unspecified atom stereocenters. The highest BCUT2D eigenvalue weighted by Gasteiger charge is 2.47. The monoisotopic (exact) mass is 840 g/mol. The van der Waals surface area contributed by atoms with Gasteiger partial charge in [-0.3, -0.25) is 0 Å². The molecule has 13 rings (SSSR count). The van der Waals surface area contributed by atoms with E-state index < -0.39 is 5.41 Å². The van der Waals surface area contributed by atoms with Crippen molar-refractivity contribution in [2.24, 2.45) is 0 Å². The van der Waals surface area contributed by atoms with E-state index >= 15 is 0 Å². The minimum atomic E-state index is -0.615. The molecule has 0 fully saturated rings. The molecule has 0 aliphatic heterocycles. The third kappa shape index (κ3) is 5.91. The molecule has 0 spiro atoms. The highest BCUT2D eigenvalue weighted by molar-refractivity contribution is 6.10. The molecule has 66 heavy (non-hydrogen) atoms. The van der Waals surface area contributed by atoms with E-state index in [9.17, 15) is 0 Å². The molecule has 10 aromatic carbocycles. The Bertz CT molecular complexity index is 3770. The smallest absolute Gasteiger partial charge is 0.160 e. The molecule has 2 heterocycles. The maximum absolute atomic E-state index is 6.69. The molecule has 2 aromatic heterocycles. The Morgan fingerprint density at radius 3 is 1.67 bits per heavy atom. The minimum absolute atomic E-state index is 0.615. The molecule has 0 saturated carbocycles. The van der Waals surface area contributed by atoms with Crippen molar-refractivity contribution in [1.82, 2.24) is 9.97 Å². The van der Waals surface area contributed by atoms with E-state index in [1.165, 1.54) is 44.2 Å². The van der Waals surface area contributed by atoms with E-state index in [1.54, 1.807) is 0 Å². The lowest BCUT2D eigenvalue weighted by atomic mass is 9.66. The quantitative estimate of drug-likeness (QED) is 0.160. The molecule has 0 bridgehead atoms. The summed E-state index contributed by atoms with van der Waals surface area (Å²) in [7, 11) is 0. The van der Waals surface area contributed by atoms with Gasteiger partial charge >= 0.3 is 0 Å². The number of aromatic nitrogens is 2. The van der Waals surface area contributed by atoms with Crippen molar-refractivity contribution in [2.45, 2.75) is 5.41 Å². The van der Waals surface area contributed by atoms with Gasteiger partial charge in [0.15, 0.2) is 5.82 Å². The number of hydrogen-bond donors (Lipinski definition) is 0. The van der Waals surface area contributed by atoms with Crippen LogP contribution in [0.15, 0.2) is 247 Å². The van der Waals surface area contributed by atoms with Crippen molar-refractivity contribution in [3.63, 3.8) is 0 Å². The maximum atomic E-state index is 6.69. The number of nitrogens with zero attached hydrogens (tertiary/aromatic N) is 2. The summed E-state index contributed by atoms with van der Waals surface area (Å²) in [6.45, 7) is 0. The van der Waals surface area contributed by atoms with Crippen molar-refractivity contribution in [3.05, 3.63) is 265 Å². The van der Waals surface area contributed by atoms with Crippen LogP contribution in [0.4, 0.5) is 0 Å². The number of rotatable bonds is 7. The molecule has 3 nitrogen and oxygen atoms in total. The molecule has 0 saturated heterocycles. The van der Waals surface area contributed by atoms with Crippen LogP contribution in [0.3, 0.4) is 0 Å². The fraction of sp³-hybridized carbons (Fsp3) is 0.0159. The Morgan fingerprint density at radius 2 is 0.864 bits per heavy atom. The normalized spacial score (nSPS) is 12.7. The zero-order valence-electron chi connectivity index (χ0n) is 35.9. The van der Waals surface area contributed by atoms with E-state index in [2.05, 4.69) is 224 Å². The molecule has 0 atom stereocenters. The van der Waals surface area contributed by atoms with Gasteiger partial charge < -0.3 is 4.42 Å². The van der Waals surface area contributed by atoms with Crippen LogP contribution in [0.25, 0.3) is 100.0 Å². The van der Waals surface area contributed by atoms with Gasteiger partial charge in [0.1, 0.15) is 11.2 Å². The molecule has 12 aromatic rings. The third-order valence-corrected chi connectivity index (χ3v) is 13.6. The maximum Gasteiger partial charge on any atom is 0.160 e. The lowest BCUT2D eigenvalue weighted by Crippen LogP contribution is -2.29. The van der Waals surface area contributed by atoms with Crippen LogP contribution in [0, 0.1) is 0 Å². The Hall–Kier alpha value is -8.66. The Balaban J connectivity index is 1.11. The van der Waals surface area contributed by atoms with E-state index in [-0.39, 0.29) is 0 Å². The fourth-order valence-corrected chi connectivity index (χ4v) is 10.7. The molecule has 308 valence electrons. The summed E-state index contributed by atoms with van der Waals surface area (Å²) < 4.78 is 6.69. The second kappa shape index (κ2) is 15.3. The van der Waals surface area contributed by atoms with Crippen LogP contribution in [-0.4, -0.2) is 9.97 Å². The summed E-state index contributed by atoms with van der Waals surface area (Å²) in [4.78, 5) is 11.0. The van der Waals surface area contributed by atoms with Crippen LogP contribution >= 0.6 is 0 Å². The van der Waals surface area contributed by atoms with Crippen LogP contribution < -0.4 is 0 Å². The number of benzene rings is 10. The number of furan rings is 1. The van der Waals surface area contributed by atoms with E-state index in [4.69, 9.17) is 14.4 Å². The molecule has 3 heteroatoms. The topological polar surface area (TPSA) is 38.9 Å².